The summed E-state index contributed by atoms with van der Waals surface area (Å²) in [5.74, 6) is 1.37. The van der Waals surface area contributed by atoms with Crippen molar-refractivity contribution in [1.29, 1.82) is 0 Å². The van der Waals surface area contributed by atoms with E-state index in [1.54, 1.807) is 0 Å². The van der Waals surface area contributed by atoms with Gasteiger partial charge in [0.15, 0.2) is 0 Å². The van der Waals surface area contributed by atoms with Crippen molar-refractivity contribution in [2.75, 3.05) is 13.2 Å². The lowest BCUT2D eigenvalue weighted by Crippen LogP contribution is -2.31. The van der Waals surface area contributed by atoms with E-state index in [0.29, 0.717) is 5.88 Å². The van der Waals surface area contributed by atoms with Crippen LogP contribution in [0, 0.1) is 6.92 Å². The van der Waals surface area contributed by atoms with E-state index < -0.39 is 0 Å². The van der Waals surface area contributed by atoms with Crippen molar-refractivity contribution in [2.24, 2.45) is 0 Å². The second-order valence-corrected chi connectivity index (χ2v) is 5.56. The molecule has 2 aromatic rings. The van der Waals surface area contributed by atoms with Crippen molar-refractivity contribution >= 4 is 22.6 Å². The summed E-state index contributed by atoms with van der Waals surface area (Å²) in [5.41, 5.74) is 3.39. The molecule has 1 unspecified atom stereocenters. The van der Waals surface area contributed by atoms with Gasteiger partial charge in [-0.15, -0.1) is 11.6 Å². The van der Waals surface area contributed by atoms with Gasteiger partial charge in [-0.2, -0.15) is 0 Å². The number of hydrogen-bond acceptors (Lipinski definition) is 2. The highest BCUT2D eigenvalue weighted by Crippen LogP contribution is 2.33. The fraction of sp³-hybridized carbons (Fsp3) is 0.500. The van der Waals surface area contributed by atoms with Crippen LogP contribution in [0.4, 0.5) is 0 Å². The van der Waals surface area contributed by atoms with Crippen LogP contribution in [-0.2, 0) is 16.2 Å². The minimum Gasteiger partial charge on any atom is -0.379 e. The molecular formula is C14H17ClN2O. The maximum Gasteiger partial charge on any atom is 0.125 e. The van der Waals surface area contributed by atoms with E-state index >= 15 is 0 Å². The lowest BCUT2D eigenvalue weighted by atomic mass is 10.0. The number of aromatic nitrogens is 2. The molecule has 1 aromatic heterocycles. The third-order valence-electron chi connectivity index (χ3n) is 3.74. The SMILES string of the molecule is Cc1ccc2c(c1)nc(CCl)n2C1(C)CCOC1. The van der Waals surface area contributed by atoms with Crippen molar-refractivity contribution in [1.82, 2.24) is 9.55 Å². The van der Waals surface area contributed by atoms with Gasteiger partial charge in [0.25, 0.3) is 0 Å². The summed E-state index contributed by atoms with van der Waals surface area (Å²) in [7, 11) is 0. The van der Waals surface area contributed by atoms with Crippen molar-refractivity contribution < 1.29 is 4.74 Å². The normalized spacial score (nSPS) is 23.9. The summed E-state index contributed by atoms with van der Waals surface area (Å²) >= 11 is 6.06. The van der Waals surface area contributed by atoms with Crippen LogP contribution >= 0.6 is 11.6 Å². The predicted molar refractivity (Wildman–Crippen MR) is 73.1 cm³/mol. The summed E-state index contributed by atoms with van der Waals surface area (Å²) in [6, 6.07) is 6.37. The van der Waals surface area contributed by atoms with Gasteiger partial charge in [0, 0.05) is 6.61 Å². The fourth-order valence-electron chi connectivity index (χ4n) is 2.76. The first-order valence-corrected chi connectivity index (χ1v) is 6.80. The molecule has 1 aliphatic rings. The second kappa shape index (κ2) is 4.25. The van der Waals surface area contributed by atoms with Crippen LogP contribution in [0.5, 0.6) is 0 Å². The van der Waals surface area contributed by atoms with E-state index in [2.05, 4.69) is 41.6 Å². The van der Waals surface area contributed by atoms with Gasteiger partial charge >= 0.3 is 0 Å². The largest absolute Gasteiger partial charge is 0.379 e. The molecule has 18 heavy (non-hydrogen) atoms. The Balaban J connectivity index is 2.25. The Bertz CT molecular complexity index is 585. The van der Waals surface area contributed by atoms with Crippen LogP contribution in [0.1, 0.15) is 24.7 Å². The highest BCUT2D eigenvalue weighted by molar-refractivity contribution is 6.16. The van der Waals surface area contributed by atoms with E-state index in [1.165, 1.54) is 5.56 Å². The molecule has 0 spiro atoms. The minimum atomic E-state index is -0.0196. The lowest BCUT2D eigenvalue weighted by molar-refractivity contribution is 0.162. The average Bonchev–Trinajstić information content (AvgIpc) is 2.92. The Labute approximate surface area is 112 Å². The predicted octanol–water partition coefficient (Wildman–Crippen LogP) is 3.22. The Morgan fingerprint density at radius 2 is 2.33 bits per heavy atom. The van der Waals surface area contributed by atoms with E-state index in [-0.39, 0.29) is 5.54 Å². The van der Waals surface area contributed by atoms with Crippen molar-refractivity contribution in [2.45, 2.75) is 31.7 Å². The molecule has 1 saturated heterocycles. The fourth-order valence-corrected chi connectivity index (χ4v) is 2.94. The number of nitrogens with zero attached hydrogens (tertiary/aromatic N) is 2. The molecule has 3 rings (SSSR count). The first-order valence-electron chi connectivity index (χ1n) is 6.26. The molecule has 4 heteroatoms. The molecule has 96 valence electrons. The zero-order valence-corrected chi connectivity index (χ0v) is 11.5. The van der Waals surface area contributed by atoms with Crippen LogP contribution in [0.15, 0.2) is 18.2 Å². The van der Waals surface area contributed by atoms with Crippen molar-refractivity contribution in [3.05, 3.63) is 29.6 Å². The molecule has 0 aliphatic carbocycles. The van der Waals surface area contributed by atoms with E-state index in [9.17, 15) is 0 Å². The summed E-state index contributed by atoms with van der Waals surface area (Å²) in [4.78, 5) is 4.66. The summed E-state index contributed by atoms with van der Waals surface area (Å²) in [6.45, 7) is 5.84. The van der Waals surface area contributed by atoms with Gasteiger partial charge < -0.3 is 9.30 Å². The van der Waals surface area contributed by atoms with Crippen LogP contribution < -0.4 is 0 Å². The first kappa shape index (κ1) is 12.0. The number of rotatable bonds is 2. The standard InChI is InChI=1S/C14H17ClN2O/c1-10-3-4-12-11(7-10)16-13(8-15)17(12)14(2)5-6-18-9-14/h3-4,7H,5-6,8-9H2,1-2H3. The second-order valence-electron chi connectivity index (χ2n) is 5.29. The van der Waals surface area contributed by atoms with Gasteiger partial charge in [0.05, 0.1) is 29.1 Å². The number of halogens is 1. The molecule has 1 fully saturated rings. The summed E-state index contributed by atoms with van der Waals surface area (Å²) < 4.78 is 7.83. The lowest BCUT2D eigenvalue weighted by Gasteiger charge is -2.26. The molecule has 1 atom stereocenters. The van der Waals surface area contributed by atoms with Gasteiger partial charge in [-0.25, -0.2) is 4.98 Å². The summed E-state index contributed by atoms with van der Waals surface area (Å²) in [6.07, 6.45) is 1.01. The van der Waals surface area contributed by atoms with Crippen molar-refractivity contribution in [3.63, 3.8) is 0 Å². The van der Waals surface area contributed by atoms with Gasteiger partial charge in [-0.1, -0.05) is 6.07 Å². The number of ether oxygens (including phenoxy) is 1. The highest BCUT2D eigenvalue weighted by Gasteiger charge is 2.34. The topological polar surface area (TPSA) is 27.1 Å². The number of benzene rings is 1. The monoisotopic (exact) mass is 264 g/mol. The average molecular weight is 265 g/mol. The van der Waals surface area contributed by atoms with E-state index in [1.807, 2.05) is 0 Å². The third-order valence-corrected chi connectivity index (χ3v) is 3.98. The van der Waals surface area contributed by atoms with Gasteiger partial charge in [-0.05, 0) is 38.0 Å². The zero-order chi connectivity index (χ0) is 12.8. The number of alkyl halides is 1. The molecule has 0 saturated carbocycles. The Morgan fingerprint density at radius 3 is 3.00 bits per heavy atom. The van der Waals surface area contributed by atoms with Crippen LogP contribution in [0.25, 0.3) is 11.0 Å². The maximum atomic E-state index is 6.06. The molecule has 0 radical (unpaired) electrons. The third kappa shape index (κ3) is 1.73. The van der Waals surface area contributed by atoms with Crippen LogP contribution in [-0.4, -0.2) is 22.8 Å². The quantitative estimate of drug-likeness (QED) is 0.779. The molecule has 1 aliphatic heterocycles. The van der Waals surface area contributed by atoms with Gasteiger partial charge in [-0.3, -0.25) is 0 Å². The van der Waals surface area contributed by atoms with Crippen LogP contribution in [0.2, 0.25) is 0 Å². The smallest absolute Gasteiger partial charge is 0.125 e. The molecule has 2 heterocycles. The minimum absolute atomic E-state index is 0.0196. The highest BCUT2D eigenvalue weighted by atomic mass is 35.5. The molecule has 1 aromatic carbocycles. The molecule has 3 nitrogen and oxygen atoms in total. The van der Waals surface area contributed by atoms with Gasteiger partial charge in [0.1, 0.15) is 5.82 Å². The number of imidazole rings is 1. The molecule has 0 bridgehead atoms. The van der Waals surface area contributed by atoms with Crippen molar-refractivity contribution in [3.8, 4) is 0 Å². The summed E-state index contributed by atoms with van der Waals surface area (Å²) in [5, 5.41) is 0. The molecular weight excluding hydrogens is 248 g/mol. The Morgan fingerprint density at radius 1 is 1.50 bits per heavy atom. The first-order chi connectivity index (χ1) is 8.64. The van der Waals surface area contributed by atoms with E-state index in [0.717, 1.165) is 36.5 Å². The molecule has 0 N–H and O–H groups in total. The molecule has 0 amide bonds. The number of fused-ring (bicyclic) bond motifs is 1. The Hall–Kier alpha value is -1.06. The number of aryl methyl sites for hydroxylation is 1. The van der Waals surface area contributed by atoms with Crippen LogP contribution in [0.3, 0.4) is 0 Å². The number of hydrogen-bond donors (Lipinski definition) is 0. The van der Waals surface area contributed by atoms with Gasteiger partial charge in [0.2, 0.25) is 0 Å². The zero-order valence-electron chi connectivity index (χ0n) is 10.7. The van der Waals surface area contributed by atoms with E-state index in [4.69, 9.17) is 16.3 Å². The Kier molecular flexibility index (Phi) is 2.83. The maximum absolute atomic E-state index is 6.06.